The van der Waals surface area contributed by atoms with Crippen LogP contribution in [-0.2, 0) is 17.8 Å². The van der Waals surface area contributed by atoms with Gasteiger partial charge in [-0.15, -0.1) is 0 Å². The number of nitrogens with zero attached hydrogens (tertiary/aromatic N) is 1. The average Bonchev–Trinajstić information content (AvgIpc) is 2.99. The van der Waals surface area contributed by atoms with Gasteiger partial charge in [-0.05, 0) is 45.2 Å². The van der Waals surface area contributed by atoms with Crippen molar-refractivity contribution in [1.29, 1.82) is 0 Å². The van der Waals surface area contributed by atoms with Gasteiger partial charge in [0.15, 0.2) is 11.6 Å². The van der Waals surface area contributed by atoms with E-state index in [2.05, 4.69) is 10.6 Å². The predicted molar refractivity (Wildman–Crippen MR) is 110 cm³/mol. The Kier molecular flexibility index (Phi) is 6.47. The molecule has 0 bridgehead atoms. The molecule has 166 valence electrons. The Morgan fingerprint density at radius 3 is 2.55 bits per heavy atom. The van der Waals surface area contributed by atoms with Gasteiger partial charge in [0.1, 0.15) is 5.69 Å². The van der Waals surface area contributed by atoms with E-state index < -0.39 is 34.8 Å². The van der Waals surface area contributed by atoms with Crippen molar-refractivity contribution in [3.8, 4) is 0 Å². The largest absolute Gasteiger partial charge is 0.389 e. The molecule has 0 saturated heterocycles. The lowest BCUT2D eigenvalue weighted by Crippen LogP contribution is -2.41. The fourth-order valence-corrected chi connectivity index (χ4v) is 3.79. The van der Waals surface area contributed by atoms with Crippen LogP contribution in [0.4, 0.5) is 14.5 Å². The number of anilines is 1. The Morgan fingerprint density at radius 1 is 1.19 bits per heavy atom. The number of Topliss-reactive ketones (excluding diaryl/α,β-unsaturated/α-hetero) is 1. The second-order valence-corrected chi connectivity index (χ2v) is 8.38. The van der Waals surface area contributed by atoms with E-state index in [1.165, 1.54) is 19.9 Å². The molecule has 1 aliphatic rings. The number of carbonyl (C=O) groups is 3. The van der Waals surface area contributed by atoms with Gasteiger partial charge in [0.05, 0.1) is 16.2 Å². The smallest absolute Gasteiger partial charge is 0.294 e. The van der Waals surface area contributed by atoms with Crippen LogP contribution in [0.5, 0.6) is 0 Å². The number of aromatic nitrogens is 1. The molecule has 1 aliphatic heterocycles. The van der Waals surface area contributed by atoms with Gasteiger partial charge in [0.2, 0.25) is 0 Å². The fraction of sp³-hybridized carbons (Fsp3) is 0.381. The summed E-state index contributed by atoms with van der Waals surface area (Å²) in [5.74, 6) is -4.76. The molecule has 0 radical (unpaired) electrons. The Morgan fingerprint density at radius 2 is 1.90 bits per heavy atom. The van der Waals surface area contributed by atoms with Crippen LogP contribution in [0, 0.1) is 11.6 Å². The maximum absolute atomic E-state index is 13.5. The van der Waals surface area contributed by atoms with Gasteiger partial charge in [0, 0.05) is 30.5 Å². The zero-order valence-corrected chi connectivity index (χ0v) is 17.8. The molecule has 3 rings (SSSR count). The van der Waals surface area contributed by atoms with Crippen molar-refractivity contribution < 1.29 is 28.3 Å². The van der Waals surface area contributed by atoms with E-state index in [9.17, 15) is 28.3 Å². The predicted octanol–water partition coefficient (Wildman–Crippen LogP) is 3.08. The molecule has 0 atom stereocenters. The number of halogens is 3. The molecule has 1 aromatic heterocycles. The quantitative estimate of drug-likeness (QED) is 0.462. The first-order chi connectivity index (χ1) is 14.5. The van der Waals surface area contributed by atoms with Crippen molar-refractivity contribution in [2.45, 2.75) is 45.3 Å². The van der Waals surface area contributed by atoms with Gasteiger partial charge >= 0.3 is 0 Å². The molecule has 1 aromatic carbocycles. The van der Waals surface area contributed by atoms with Gasteiger partial charge in [0.25, 0.3) is 17.6 Å². The van der Waals surface area contributed by atoms with Crippen LogP contribution >= 0.6 is 11.6 Å². The van der Waals surface area contributed by atoms with Gasteiger partial charge in [-0.3, -0.25) is 14.4 Å². The topological polar surface area (TPSA) is 100 Å². The molecule has 0 aliphatic carbocycles. The number of amides is 2. The first kappa shape index (κ1) is 22.9. The number of hydrogen-bond donors (Lipinski definition) is 3. The van der Waals surface area contributed by atoms with Crippen LogP contribution in [0.15, 0.2) is 18.2 Å². The summed E-state index contributed by atoms with van der Waals surface area (Å²) < 4.78 is 28.2. The summed E-state index contributed by atoms with van der Waals surface area (Å²) in [6.45, 7) is 3.20. The normalized spacial score (nSPS) is 13.5. The van der Waals surface area contributed by atoms with Crippen LogP contribution in [0.25, 0.3) is 0 Å². The maximum Gasteiger partial charge on any atom is 0.294 e. The van der Waals surface area contributed by atoms with Gasteiger partial charge in [-0.2, -0.15) is 0 Å². The lowest BCUT2D eigenvalue weighted by Gasteiger charge is -2.19. The van der Waals surface area contributed by atoms with Crippen molar-refractivity contribution in [3.63, 3.8) is 0 Å². The minimum atomic E-state index is -1.21. The second kappa shape index (κ2) is 8.76. The lowest BCUT2D eigenvalue weighted by atomic mass is 10.1. The fourth-order valence-electron chi connectivity index (χ4n) is 3.41. The van der Waals surface area contributed by atoms with Gasteiger partial charge < -0.3 is 20.3 Å². The molecule has 7 nitrogen and oxygen atoms in total. The van der Waals surface area contributed by atoms with Crippen molar-refractivity contribution in [1.82, 2.24) is 9.88 Å². The summed E-state index contributed by atoms with van der Waals surface area (Å²) in [5.41, 5.74) is -0.792. The van der Waals surface area contributed by atoms with Crippen LogP contribution in [0.3, 0.4) is 0 Å². The average molecular weight is 454 g/mol. The van der Waals surface area contributed by atoms with E-state index in [4.69, 9.17) is 11.6 Å². The zero-order chi connectivity index (χ0) is 22.9. The van der Waals surface area contributed by atoms with Crippen molar-refractivity contribution in [3.05, 3.63) is 51.8 Å². The zero-order valence-electron chi connectivity index (χ0n) is 17.0. The number of benzene rings is 1. The SMILES string of the molecule is CC(C)(O)CNC(=O)C(=O)c1c(Cl)c(C(=O)Nc2ccc(F)c(F)c2)c2n1CCCC2. The Hall–Kier alpha value is -2.78. The van der Waals surface area contributed by atoms with Crippen molar-refractivity contribution in [2.24, 2.45) is 0 Å². The highest BCUT2D eigenvalue weighted by Crippen LogP contribution is 2.33. The number of hydrogen-bond acceptors (Lipinski definition) is 4. The van der Waals surface area contributed by atoms with Crippen molar-refractivity contribution >= 4 is 34.9 Å². The maximum atomic E-state index is 13.5. The van der Waals surface area contributed by atoms with E-state index in [1.54, 1.807) is 4.57 Å². The molecule has 31 heavy (non-hydrogen) atoms. The molecule has 2 heterocycles. The summed E-state index contributed by atoms with van der Waals surface area (Å²) in [6, 6.07) is 2.91. The van der Waals surface area contributed by atoms with E-state index in [0.29, 0.717) is 18.7 Å². The summed E-state index contributed by atoms with van der Waals surface area (Å²) in [7, 11) is 0. The second-order valence-electron chi connectivity index (χ2n) is 8.00. The molecule has 0 unspecified atom stereocenters. The molecule has 0 spiro atoms. The first-order valence-corrected chi connectivity index (χ1v) is 10.1. The minimum absolute atomic E-state index is 0.0183. The van der Waals surface area contributed by atoms with Crippen LogP contribution in [0.1, 0.15) is 53.2 Å². The molecular formula is C21H22ClF2N3O4. The Bertz CT molecular complexity index is 1060. The summed E-state index contributed by atoms with van der Waals surface area (Å²) in [5, 5.41) is 14.4. The lowest BCUT2D eigenvalue weighted by molar-refractivity contribution is -0.118. The number of fused-ring (bicyclic) bond motifs is 1. The number of rotatable bonds is 6. The standard InChI is InChI=1S/C21H22ClF2N3O4/c1-21(2,31)10-25-20(30)18(28)17-16(22)15(14-5-3-4-8-27(14)17)19(29)26-11-6-7-12(23)13(24)9-11/h6-7,9,31H,3-5,8,10H2,1-2H3,(H,25,30)(H,26,29). The van der Waals surface area contributed by atoms with Crippen LogP contribution in [-0.4, -0.2) is 39.4 Å². The Labute approximate surface area is 182 Å². The third-order valence-electron chi connectivity index (χ3n) is 4.86. The molecule has 2 amide bonds. The van der Waals surface area contributed by atoms with E-state index in [0.717, 1.165) is 25.0 Å². The summed E-state index contributed by atoms with van der Waals surface area (Å²) >= 11 is 6.40. The van der Waals surface area contributed by atoms with E-state index >= 15 is 0 Å². The highest BCUT2D eigenvalue weighted by atomic mass is 35.5. The highest BCUT2D eigenvalue weighted by Gasteiger charge is 2.33. The van der Waals surface area contributed by atoms with E-state index in [-0.39, 0.29) is 28.5 Å². The minimum Gasteiger partial charge on any atom is -0.389 e. The van der Waals surface area contributed by atoms with Crippen LogP contribution < -0.4 is 10.6 Å². The third-order valence-corrected chi connectivity index (χ3v) is 5.23. The summed E-state index contributed by atoms with van der Waals surface area (Å²) in [4.78, 5) is 38.1. The monoisotopic (exact) mass is 453 g/mol. The number of aliphatic hydroxyl groups is 1. The number of ketones is 1. The number of nitrogens with one attached hydrogen (secondary N) is 2. The third kappa shape index (κ3) is 4.94. The molecule has 2 aromatic rings. The molecular weight excluding hydrogens is 432 g/mol. The highest BCUT2D eigenvalue weighted by molar-refractivity contribution is 6.48. The molecule has 0 saturated carbocycles. The van der Waals surface area contributed by atoms with E-state index in [1.807, 2.05) is 0 Å². The Balaban J connectivity index is 1.94. The molecule has 10 heteroatoms. The molecule has 0 fully saturated rings. The summed E-state index contributed by atoms with van der Waals surface area (Å²) in [6.07, 6.45) is 1.94. The van der Waals surface area contributed by atoms with Gasteiger partial charge in [-0.25, -0.2) is 8.78 Å². The van der Waals surface area contributed by atoms with Gasteiger partial charge in [-0.1, -0.05) is 11.6 Å². The number of carbonyl (C=O) groups excluding carboxylic acids is 3. The molecule has 3 N–H and O–H groups in total. The first-order valence-electron chi connectivity index (χ1n) is 9.72. The van der Waals surface area contributed by atoms with Crippen LogP contribution in [0.2, 0.25) is 5.02 Å². The van der Waals surface area contributed by atoms with Crippen molar-refractivity contribution in [2.75, 3.05) is 11.9 Å².